The van der Waals surface area contributed by atoms with Gasteiger partial charge in [0.1, 0.15) is 0 Å². The van der Waals surface area contributed by atoms with Crippen LogP contribution < -0.4 is 5.32 Å². The predicted molar refractivity (Wildman–Crippen MR) is 102 cm³/mol. The lowest BCUT2D eigenvalue weighted by molar-refractivity contribution is -0.143. The standard InChI is InChI=1S/C20H27N3O4/c1-14-5-2-3-12-23(14)18(24)15-7-9-17(10-8-15)21-20(27)22-11-4-6-16(13-22)19(25)26/h7-10,14,16H,2-6,11-13H2,1H3,(H,21,27)(H,25,26). The molecule has 0 bridgehead atoms. The molecule has 2 aliphatic rings. The van der Waals surface area contributed by atoms with Crippen LogP contribution in [0.15, 0.2) is 24.3 Å². The smallest absolute Gasteiger partial charge is 0.321 e. The Morgan fingerprint density at radius 1 is 1.04 bits per heavy atom. The van der Waals surface area contributed by atoms with Gasteiger partial charge in [0.25, 0.3) is 5.91 Å². The number of amides is 3. The van der Waals surface area contributed by atoms with E-state index in [0.717, 1.165) is 25.8 Å². The summed E-state index contributed by atoms with van der Waals surface area (Å²) in [6, 6.07) is 6.86. The van der Waals surface area contributed by atoms with E-state index in [4.69, 9.17) is 5.11 Å². The molecular weight excluding hydrogens is 346 g/mol. The van der Waals surface area contributed by atoms with E-state index < -0.39 is 11.9 Å². The summed E-state index contributed by atoms with van der Waals surface area (Å²) in [7, 11) is 0. The molecule has 0 saturated carbocycles. The maximum absolute atomic E-state index is 12.7. The average molecular weight is 373 g/mol. The first-order valence-corrected chi connectivity index (χ1v) is 9.65. The summed E-state index contributed by atoms with van der Waals surface area (Å²) in [6.07, 6.45) is 4.52. The third-order valence-corrected chi connectivity index (χ3v) is 5.50. The lowest BCUT2D eigenvalue weighted by atomic mass is 9.99. The molecule has 7 nitrogen and oxygen atoms in total. The van der Waals surface area contributed by atoms with Crippen LogP contribution in [0.5, 0.6) is 0 Å². The Bertz CT molecular complexity index is 704. The number of carboxylic acid groups (broad SMARTS) is 1. The summed E-state index contributed by atoms with van der Waals surface area (Å²) in [5, 5.41) is 11.9. The first-order chi connectivity index (χ1) is 13.0. The van der Waals surface area contributed by atoms with Gasteiger partial charge in [0.2, 0.25) is 0 Å². The number of nitrogens with zero attached hydrogens (tertiary/aromatic N) is 2. The van der Waals surface area contributed by atoms with E-state index in [1.54, 1.807) is 24.3 Å². The minimum absolute atomic E-state index is 0.0282. The van der Waals surface area contributed by atoms with Crippen molar-refractivity contribution in [3.05, 3.63) is 29.8 Å². The molecule has 0 aliphatic carbocycles. The van der Waals surface area contributed by atoms with Crippen LogP contribution in [0, 0.1) is 5.92 Å². The molecule has 0 spiro atoms. The molecule has 2 unspecified atom stereocenters. The van der Waals surface area contributed by atoms with Crippen molar-refractivity contribution in [1.82, 2.24) is 9.80 Å². The van der Waals surface area contributed by atoms with E-state index in [-0.39, 0.29) is 24.5 Å². The zero-order valence-corrected chi connectivity index (χ0v) is 15.7. The molecule has 0 aromatic heterocycles. The Labute approximate surface area is 159 Å². The summed E-state index contributed by atoms with van der Waals surface area (Å²) < 4.78 is 0. The maximum atomic E-state index is 12.7. The number of anilines is 1. The van der Waals surface area contributed by atoms with Gasteiger partial charge in [-0.1, -0.05) is 0 Å². The third-order valence-electron chi connectivity index (χ3n) is 5.50. The molecule has 2 saturated heterocycles. The molecule has 146 valence electrons. The number of carbonyl (C=O) groups is 3. The molecule has 2 N–H and O–H groups in total. The quantitative estimate of drug-likeness (QED) is 0.852. The monoisotopic (exact) mass is 373 g/mol. The highest BCUT2D eigenvalue weighted by Gasteiger charge is 2.28. The Kier molecular flexibility index (Phi) is 5.98. The molecule has 2 aliphatic heterocycles. The van der Waals surface area contributed by atoms with Gasteiger partial charge in [-0.3, -0.25) is 9.59 Å². The number of aliphatic carboxylic acids is 1. The normalized spacial score (nSPS) is 23.0. The van der Waals surface area contributed by atoms with E-state index in [0.29, 0.717) is 30.6 Å². The second-order valence-electron chi connectivity index (χ2n) is 7.47. The van der Waals surface area contributed by atoms with Crippen molar-refractivity contribution in [2.75, 3.05) is 25.0 Å². The van der Waals surface area contributed by atoms with Crippen molar-refractivity contribution >= 4 is 23.6 Å². The number of likely N-dealkylation sites (tertiary alicyclic amines) is 2. The molecule has 3 rings (SSSR count). The van der Waals surface area contributed by atoms with Crippen molar-refractivity contribution in [3.8, 4) is 0 Å². The molecule has 2 atom stereocenters. The van der Waals surface area contributed by atoms with Gasteiger partial charge in [-0.25, -0.2) is 4.79 Å². The maximum Gasteiger partial charge on any atom is 0.321 e. The predicted octanol–water partition coefficient (Wildman–Crippen LogP) is 3.03. The second kappa shape index (κ2) is 8.41. The lowest BCUT2D eigenvalue weighted by Crippen LogP contribution is -2.44. The van der Waals surface area contributed by atoms with Crippen molar-refractivity contribution in [2.24, 2.45) is 5.92 Å². The number of hydrogen-bond acceptors (Lipinski definition) is 3. The van der Waals surface area contributed by atoms with E-state index >= 15 is 0 Å². The summed E-state index contributed by atoms with van der Waals surface area (Å²) in [4.78, 5) is 39.7. The van der Waals surface area contributed by atoms with Crippen LogP contribution in [0.3, 0.4) is 0 Å². The van der Waals surface area contributed by atoms with Crippen molar-refractivity contribution in [2.45, 2.75) is 45.1 Å². The second-order valence-corrected chi connectivity index (χ2v) is 7.47. The fourth-order valence-corrected chi connectivity index (χ4v) is 3.83. The SMILES string of the molecule is CC1CCCCN1C(=O)c1ccc(NC(=O)N2CCCC(C(=O)O)C2)cc1. The van der Waals surface area contributed by atoms with Crippen LogP contribution in [0.25, 0.3) is 0 Å². The van der Waals surface area contributed by atoms with Crippen molar-refractivity contribution in [3.63, 3.8) is 0 Å². The van der Waals surface area contributed by atoms with E-state index in [1.165, 1.54) is 4.90 Å². The summed E-state index contributed by atoms with van der Waals surface area (Å²) in [6.45, 7) is 3.65. The molecule has 3 amide bonds. The van der Waals surface area contributed by atoms with Crippen LogP contribution in [-0.4, -0.2) is 58.5 Å². The van der Waals surface area contributed by atoms with Gasteiger partial charge in [0.05, 0.1) is 5.92 Å². The minimum atomic E-state index is -0.859. The number of nitrogens with one attached hydrogen (secondary N) is 1. The fourth-order valence-electron chi connectivity index (χ4n) is 3.83. The first-order valence-electron chi connectivity index (χ1n) is 9.65. The number of carbonyl (C=O) groups excluding carboxylic acids is 2. The molecule has 7 heteroatoms. The Hall–Kier alpha value is -2.57. The number of urea groups is 1. The van der Waals surface area contributed by atoms with E-state index in [2.05, 4.69) is 12.2 Å². The van der Waals surface area contributed by atoms with Gasteiger partial charge in [0, 0.05) is 36.9 Å². The van der Waals surface area contributed by atoms with Crippen LogP contribution in [0.2, 0.25) is 0 Å². The Morgan fingerprint density at radius 3 is 2.44 bits per heavy atom. The van der Waals surface area contributed by atoms with Crippen molar-refractivity contribution < 1.29 is 19.5 Å². The number of carboxylic acids is 1. The number of rotatable bonds is 3. The van der Waals surface area contributed by atoms with Crippen LogP contribution in [0.1, 0.15) is 49.4 Å². The van der Waals surface area contributed by atoms with Crippen LogP contribution >= 0.6 is 0 Å². The number of benzene rings is 1. The molecule has 0 radical (unpaired) electrons. The fraction of sp³-hybridized carbons (Fsp3) is 0.550. The largest absolute Gasteiger partial charge is 0.481 e. The first kappa shape index (κ1) is 19.2. The van der Waals surface area contributed by atoms with E-state index in [1.807, 2.05) is 4.90 Å². The number of piperidine rings is 2. The highest BCUT2D eigenvalue weighted by atomic mass is 16.4. The summed E-state index contributed by atoms with van der Waals surface area (Å²) >= 11 is 0. The lowest BCUT2D eigenvalue weighted by Gasteiger charge is -2.33. The van der Waals surface area contributed by atoms with Crippen molar-refractivity contribution in [1.29, 1.82) is 0 Å². The van der Waals surface area contributed by atoms with Crippen LogP contribution in [-0.2, 0) is 4.79 Å². The average Bonchev–Trinajstić information content (AvgIpc) is 2.68. The molecule has 27 heavy (non-hydrogen) atoms. The van der Waals surface area contributed by atoms with E-state index in [9.17, 15) is 14.4 Å². The van der Waals surface area contributed by atoms with Crippen LogP contribution in [0.4, 0.5) is 10.5 Å². The topological polar surface area (TPSA) is 90.0 Å². The van der Waals surface area contributed by atoms with Gasteiger partial charge in [-0.15, -0.1) is 0 Å². The van der Waals surface area contributed by atoms with Gasteiger partial charge in [-0.2, -0.15) is 0 Å². The molecule has 1 aromatic rings. The summed E-state index contributed by atoms with van der Waals surface area (Å²) in [5.41, 5.74) is 1.21. The highest BCUT2D eigenvalue weighted by Crippen LogP contribution is 2.21. The van der Waals surface area contributed by atoms with Gasteiger partial charge in [0.15, 0.2) is 0 Å². The van der Waals surface area contributed by atoms with Gasteiger partial charge >= 0.3 is 12.0 Å². The van der Waals surface area contributed by atoms with Gasteiger partial charge in [-0.05, 0) is 63.3 Å². The molecule has 2 heterocycles. The van der Waals surface area contributed by atoms with Gasteiger partial charge < -0.3 is 20.2 Å². The molecular formula is C20H27N3O4. The zero-order chi connectivity index (χ0) is 19.4. The molecule has 2 fully saturated rings. The minimum Gasteiger partial charge on any atom is -0.481 e. The summed E-state index contributed by atoms with van der Waals surface area (Å²) in [5.74, 6) is -1.33. The molecule has 1 aromatic carbocycles. The third kappa shape index (κ3) is 4.59. The number of hydrogen-bond donors (Lipinski definition) is 2. The Balaban J connectivity index is 1.59. The zero-order valence-electron chi connectivity index (χ0n) is 15.7. The highest BCUT2D eigenvalue weighted by molar-refractivity contribution is 5.96. The Morgan fingerprint density at radius 2 is 1.78 bits per heavy atom.